The summed E-state index contributed by atoms with van der Waals surface area (Å²) in [6, 6.07) is 0.635. The van der Waals surface area contributed by atoms with Gasteiger partial charge < -0.3 is 10.1 Å². The van der Waals surface area contributed by atoms with Crippen LogP contribution in [0.5, 0.6) is 0 Å². The van der Waals surface area contributed by atoms with Gasteiger partial charge in [0.1, 0.15) is 0 Å². The third-order valence-corrected chi connectivity index (χ3v) is 2.36. The molecule has 0 aromatic heterocycles. The highest BCUT2D eigenvalue weighted by atomic mass is 79.9. The van der Waals surface area contributed by atoms with Crippen molar-refractivity contribution in [3.05, 3.63) is 11.1 Å². The van der Waals surface area contributed by atoms with Gasteiger partial charge in [0.2, 0.25) is 0 Å². The Balaban J connectivity index is 1.98. The van der Waals surface area contributed by atoms with Gasteiger partial charge in [-0.25, -0.2) is 0 Å². The molecule has 1 saturated carbocycles. The fourth-order valence-electron chi connectivity index (χ4n) is 1.36. The zero-order chi connectivity index (χ0) is 8.97. The number of nitrogens with one attached hydrogen (secondary N) is 1. The van der Waals surface area contributed by atoms with Crippen LogP contribution in [0.15, 0.2) is 11.1 Å². The highest BCUT2D eigenvalue weighted by Gasteiger charge is 2.28. The Morgan fingerprint density at radius 2 is 2.33 bits per heavy atom. The Morgan fingerprint density at radius 3 is 2.83 bits per heavy atom. The second-order valence-electron chi connectivity index (χ2n) is 3.14. The molecule has 1 N–H and O–H groups in total. The van der Waals surface area contributed by atoms with Crippen molar-refractivity contribution in [3.63, 3.8) is 0 Å². The van der Waals surface area contributed by atoms with E-state index in [0.29, 0.717) is 12.1 Å². The average molecular weight is 234 g/mol. The topological polar surface area (TPSA) is 21.3 Å². The minimum atomic E-state index is 0.496. The monoisotopic (exact) mass is 233 g/mol. The van der Waals surface area contributed by atoms with Crippen LogP contribution in [0.3, 0.4) is 0 Å². The molecule has 0 aromatic rings. The van der Waals surface area contributed by atoms with Crippen molar-refractivity contribution in [2.45, 2.75) is 31.9 Å². The lowest BCUT2D eigenvalue weighted by molar-refractivity contribution is -0.00902. The summed E-state index contributed by atoms with van der Waals surface area (Å²) in [5.41, 5.74) is 0. The zero-order valence-electron chi connectivity index (χ0n) is 7.48. The lowest BCUT2D eigenvalue weighted by Gasteiger charge is -2.35. The molecule has 0 amide bonds. The van der Waals surface area contributed by atoms with E-state index < -0.39 is 0 Å². The van der Waals surface area contributed by atoms with Crippen LogP contribution >= 0.6 is 15.9 Å². The van der Waals surface area contributed by atoms with Crippen molar-refractivity contribution < 1.29 is 4.74 Å². The van der Waals surface area contributed by atoms with Gasteiger partial charge in [0, 0.05) is 23.7 Å². The fraction of sp³-hybridized carbons (Fsp3) is 0.778. The molecule has 0 aliphatic heterocycles. The summed E-state index contributed by atoms with van der Waals surface area (Å²) in [5, 5.41) is 3.38. The first kappa shape index (κ1) is 10.2. The first-order chi connectivity index (χ1) is 5.72. The van der Waals surface area contributed by atoms with E-state index in [-0.39, 0.29) is 0 Å². The van der Waals surface area contributed by atoms with Gasteiger partial charge in [-0.1, -0.05) is 22.5 Å². The van der Waals surface area contributed by atoms with Crippen molar-refractivity contribution in [2.75, 3.05) is 13.2 Å². The number of rotatable bonds is 5. The molecular formula is C9H16BrNO. The Bertz CT molecular complexity index is 155. The standard InChI is InChI=1S/C9H16BrNO/c1-3-12-9-4-8(5-9)11-6-7(2)10/h8-9,11H,2-6H2,1H3. The summed E-state index contributed by atoms with van der Waals surface area (Å²) in [7, 11) is 0. The first-order valence-corrected chi connectivity index (χ1v) is 5.20. The molecular weight excluding hydrogens is 218 g/mol. The van der Waals surface area contributed by atoms with E-state index in [4.69, 9.17) is 4.74 Å². The molecule has 70 valence electrons. The molecule has 3 heteroatoms. The van der Waals surface area contributed by atoms with Crippen molar-refractivity contribution in [3.8, 4) is 0 Å². The predicted octanol–water partition coefficient (Wildman–Crippen LogP) is 2.05. The van der Waals surface area contributed by atoms with Gasteiger partial charge in [-0.05, 0) is 19.8 Å². The van der Waals surface area contributed by atoms with E-state index in [1.54, 1.807) is 0 Å². The molecule has 1 aliphatic carbocycles. The molecule has 0 spiro atoms. The average Bonchev–Trinajstić information content (AvgIpc) is 1.93. The molecule has 0 bridgehead atoms. The number of ether oxygens (including phenoxy) is 1. The van der Waals surface area contributed by atoms with Gasteiger partial charge in [-0.3, -0.25) is 0 Å². The van der Waals surface area contributed by atoms with Crippen LogP contribution in [0, 0.1) is 0 Å². The van der Waals surface area contributed by atoms with Crippen LogP contribution in [-0.4, -0.2) is 25.3 Å². The molecule has 2 nitrogen and oxygen atoms in total. The summed E-state index contributed by atoms with van der Waals surface area (Å²) >= 11 is 3.31. The van der Waals surface area contributed by atoms with Crippen LogP contribution in [0.1, 0.15) is 19.8 Å². The number of halogens is 1. The number of hydrogen-bond donors (Lipinski definition) is 1. The first-order valence-electron chi connectivity index (χ1n) is 4.40. The van der Waals surface area contributed by atoms with Crippen LogP contribution in [0.4, 0.5) is 0 Å². The molecule has 0 saturated heterocycles. The maximum absolute atomic E-state index is 5.44. The van der Waals surface area contributed by atoms with Crippen molar-refractivity contribution in [2.24, 2.45) is 0 Å². The van der Waals surface area contributed by atoms with Crippen molar-refractivity contribution in [1.82, 2.24) is 5.32 Å². The van der Waals surface area contributed by atoms with Crippen LogP contribution in [-0.2, 0) is 4.74 Å². The Kier molecular flexibility index (Phi) is 4.26. The fourth-order valence-corrected chi connectivity index (χ4v) is 1.52. The van der Waals surface area contributed by atoms with Crippen LogP contribution in [0.2, 0.25) is 0 Å². The third-order valence-electron chi connectivity index (χ3n) is 2.08. The molecule has 0 heterocycles. The lowest BCUT2D eigenvalue weighted by atomic mass is 9.89. The maximum Gasteiger partial charge on any atom is 0.0604 e. The van der Waals surface area contributed by atoms with E-state index in [2.05, 4.69) is 27.8 Å². The van der Waals surface area contributed by atoms with Crippen LogP contribution in [0.25, 0.3) is 0 Å². The molecule has 0 aromatic carbocycles. The summed E-state index contributed by atoms with van der Waals surface area (Å²) in [5.74, 6) is 0. The van der Waals surface area contributed by atoms with Crippen LogP contribution < -0.4 is 5.32 Å². The molecule has 1 fully saturated rings. The van der Waals surface area contributed by atoms with E-state index in [1.165, 1.54) is 0 Å². The second-order valence-corrected chi connectivity index (χ2v) is 4.27. The Morgan fingerprint density at radius 1 is 1.67 bits per heavy atom. The normalized spacial score (nSPS) is 28.2. The SMILES string of the molecule is C=C(Br)CNC1CC(OCC)C1. The summed E-state index contributed by atoms with van der Waals surface area (Å²) in [4.78, 5) is 0. The largest absolute Gasteiger partial charge is 0.378 e. The van der Waals surface area contributed by atoms with Crippen molar-refractivity contribution >= 4 is 15.9 Å². The highest BCUT2D eigenvalue weighted by Crippen LogP contribution is 2.23. The third kappa shape index (κ3) is 3.25. The van der Waals surface area contributed by atoms with Gasteiger partial charge in [-0.2, -0.15) is 0 Å². The molecule has 12 heavy (non-hydrogen) atoms. The van der Waals surface area contributed by atoms with E-state index >= 15 is 0 Å². The Labute approximate surface area is 82.5 Å². The van der Waals surface area contributed by atoms with E-state index in [9.17, 15) is 0 Å². The van der Waals surface area contributed by atoms with E-state index in [1.807, 2.05) is 6.92 Å². The molecule has 0 atom stereocenters. The maximum atomic E-state index is 5.44. The van der Waals surface area contributed by atoms with E-state index in [0.717, 1.165) is 30.5 Å². The molecule has 1 aliphatic rings. The highest BCUT2D eigenvalue weighted by molar-refractivity contribution is 9.11. The predicted molar refractivity (Wildman–Crippen MR) is 54.5 cm³/mol. The molecule has 0 unspecified atom stereocenters. The quantitative estimate of drug-likeness (QED) is 0.786. The summed E-state index contributed by atoms with van der Waals surface area (Å²) in [6.07, 6.45) is 2.79. The van der Waals surface area contributed by atoms with Gasteiger partial charge >= 0.3 is 0 Å². The molecule has 0 radical (unpaired) electrons. The minimum Gasteiger partial charge on any atom is -0.378 e. The summed E-state index contributed by atoms with van der Waals surface area (Å²) in [6.45, 7) is 7.51. The molecule has 1 rings (SSSR count). The summed E-state index contributed by atoms with van der Waals surface area (Å²) < 4.78 is 6.46. The van der Waals surface area contributed by atoms with Crippen molar-refractivity contribution in [1.29, 1.82) is 0 Å². The van der Waals surface area contributed by atoms with Gasteiger partial charge in [0.25, 0.3) is 0 Å². The smallest absolute Gasteiger partial charge is 0.0604 e. The zero-order valence-corrected chi connectivity index (χ0v) is 9.06. The minimum absolute atomic E-state index is 0.496. The van der Waals surface area contributed by atoms with Gasteiger partial charge in [-0.15, -0.1) is 0 Å². The van der Waals surface area contributed by atoms with Gasteiger partial charge in [0.05, 0.1) is 6.10 Å². The second kappa shape index (κ2) is 5.00. The number of hydrogen-bond acceptors (Lipinski definition) is 2. The Hall–Kier alpha value is 0.140. The van der Waals surface area contributed by atoms with Gasteiger partial charge in [0.15, 0.2) is 0 Å². The lowest BCUT2D eigenvalue weighted by Crippen LogP contribution is -2.45.